The first-order valence-electron chi connectivity index (χ1n) is 10.1. The first-order valence-corrected chi connectivity index (χ1v) is 10.1. The Balaban J connectivity index is 1.50. The fraction of sp³-hybridized carbons (Fsp3) is 0.545. The number of anilines is 2. The van der Waals surface area contributed by atoms with Crippen molar-refractivity contribution >= 4 is 23.3 Å². The molecule has 1 saturated heterocycles. The molecule has 2 saturated carbocycles. The van der Waals surface area contributed by atoms with Crippen LogP contribution in [-0.4, -0.2) is 43.3 Å². The summed E-state index contributed by atoms with van der Waals surface area (Å²) in [6.45, 7) is 7.25. The van der Waals surface area contributed by atoms with Crippen molar-refractivity contribution in [1.29, 1.82) is 0 Å². The smallest absolute Gasteiger partial charge is 0.307 e. The quantitative estimate of drug-likeness (QED) is 0.780. The predicted molar refractivity (Wildman–Crippen MR) is 107 cm³/mol. The lowest BCUT2D eigenvalue weighted by Crippen LogP contribution is -2.38. The maximum absolute atomic E-state index is 13.1. The van der Waals surface area contributed by atoms with Crippen LogP contribution in [0.1, 0.15) is 26.7 Å². The third-order valence-electron chi connectivity index (χ3n) is 6.52. The fourth-order valence-electron chi connectivity index (χ4n) is 5.41. The van der Waals surface area contributed by atoms with E-state index in [1.807, 2.05) is 38.1 Å². The van der Waals surface area contributed by atoms with E-state index in [9.17, 15) is 14.7 Å². The van der Waals surface area contributed by atoms with Crippen molar-refractivity contribution in [2.24, 2.45) is 23.7 Å². The zero-order valence-electron chi connectivity index (χ0n) is 16.5. The Morgan fingerprint density at radius 2 is 1.64 bits per heavy atom. The van der Waals surface area contributed by atoms with E-state index in [0.29, 0.717) is 5.69 Å². The molecule has 0 aromatic heterocycles. The van der Waals surface area contributed by atoms with Crippen molar-refractivity contribution in [2.45, 2.75) is 26.7 Å². The lowest BCUT2D eigenvalue weighted by molar-refractivity contribution is -0.148. The summed E-state index contributed by atoms with van der Waals surface area (Å²) in [4.78, 5) is 27.2. The second-order valence-electron chi connectivity index (χ2n) is 8.27. The van der Waals surface area contributed by atoms with Crippen LogP contribution in [0.15, 0.2) is 35.4 Å². The maximum Gasteiger partial charge on any atom is 0.307 e. The number of nitrogens with one attached hydrogen (secondary N) is 1. The normalized spacial score (nSPS) is 29.1. The van der Waals surface area contributed by atoms with Crippen molar-refractivity contribution in [3.05, 3.63) is 35.4 Å². The third kappa shape index (κ3) is 3.30. The highest BCUT2D eigenvalue weighted by atomic mass is 16.5. The summed E-state index contributed by atoms with van der Waals surface area (Å²) in [7, 11) is 0. The number of hydrogen-bond donors (Lipinski definition) is 2. The number of benzene rings is 1. The highest BCUT2D eigenvalue weighted by molar-refractivity contribution is 5.96. The first kappa shape index (κ1) is 19.0. The van der Waals surface area contributed by atoms with E-state index in [0.717, 1.165) is 44.8 Å². The van der Waals surface area contributed by atoms with Gasteiger partial charge in [-0.3, -0.25) is 9.59 Å². The van der Waals surface area contributed by atoms with Crippen molar-refractivity contribution in [2.75, 3.05) is 36.5 Å². The summed E-state index contributed by atoms with van der Waals surface area (Å²) < 4.78 is 5.38. The molecule has 1 aromatic rings. The molecule has 3 aliphatic rings. The summed E-state index contributed by atoms with van der Waals surface area (Å²) in [6.07, 6.45) is 1.78. The molecule has 0 unspecified atom stereocenters. The van der Waals surface area contributed by atoms with Gasteiger partial charge < -0.3 is 20.1 Å². The highest BCUT2D eigenvalue weighted by Gasteiger charge is 2.57. The van der Waals surface area contributed by atoms with Gasteiger partial charge in [0.15, 0.2) is 0 Å². The molecule has 0 radical (unpaired) electrons. The van der Waals surface area contributed by atoms with Crippen LogP contribution >= 0.6 is 0 Å². The summed E-state index contributed by atoms with van der Waals surface area (Å²) >= 11 is 0. The standard InChI is InChI=1S/C22H28N2O4/c1-13(2)18-16-7-8-17(18)20(22(26)27)19(16)21(25)23-14-3-5-15(6-4-14)24-9-11-28-12-10-24/h3-6,16-17,19-20H,7-12H2,1-2H3,(H,23,25)(H,26,27)/t16-,17+,19-,20-/m1/s1. The van der Waals surface area contributed by atoms with Gasteiger partial charge in [-0.15, -0.1) is 0 Å². The number of hydrogen-bond acceptors (Lipinski definition) is 4. The molecule has 4 atom stereocenters. The van der Waals surface area contributed by atoms with Gasteiger partial charge in [-0.25, -0.2) is 0 Å². The molecule has 2 bridgehead atoms. The number of carbonyl (C=O) groups excluding carboxylic acids is 1. The number of aliphatic carboxylic acids is 1. The first-order chi connectivity index (χ1) is 13.5. The van der Waals surface area contributed by atoms with Crippen LogP contribution < -0.4 is 10.2 Å². The highest BCUT2D eigenvalue weighted by Crippen LogP contribution is 2.57. The van der Waals surface area contributed by atoms with Crippen LogP contribution in [0.5, 0.6) is 0 Å². The van der Waals surface area contributed by atoms with Crippen molar-refractivity contribution < 1.29 is 19.4 Å². The number of carbonyl (C=O) groups is 2. The van der Waals surface area contributed by atoms with E-state index >= 15 is 0 Å². The van der Waals surface area contributed by atoms with Crippen LogP contribution in [-0.2, 0) is 14.3 Å². The minimum absolute atomic E-state index is 0.00643. The van der Waals surface area contributed by atoms with Gasteiger partial charge in [0.05, 0.1) is 25.0 Å². The Kier molecular flexibility index (Phi) is 5.15. The van der Waals surface area contributed by atoms with E-state index in [1.165, 1.54) is 11.1 Å². The SMILES string of the molecule is CC(C)=C1[C@H]2CC[C@@H]1[C@@H](C(=O)O)[C@@H]2C(=O)Nc1ccc(N2CCOCC2)cc1. The molecule has 2 N–H and O–H groups in total. The molecule has 1 heterocycles. The monoisotopic (exact) mass is 384 g/mol. The van der Waals surface area contributed by atoms with Crippen LogP contribution in [0.4, 0.5) is 11.4 Å². The maximum atomic E-state index is 13.1. The summed E-state index contributed by atoms with van der Waals surface area (Å²) in [5, 5.41) is 12.8. The second kappa shape index (κ2) is 7.59. The summed E-state index contributed by atoms with van der Waals surface area (Å²) in [5.74, 6) is -2.06. The molecule has 1 amide bonds. The van der Waals surface area contributed by atoms with Gasteiger partial charge >= 0.3 is 5.97 Å². The number of ether oxygens (including phenoxy) is 1. The van der Waals surface area contributed by atoms with E-state index < -0.39 is 17.8 Å². The molecule has 6 heteroatoms. The molecule has 1 aliphatic heterocycles. The van der Waals surface area contributed by atoms with E-state index in [2.05, 4.69) is 10.2 Å². The van der Waals surface area contributed by atoms with Crippen molar-refractivity contribution in [1.82, 2.24) is 0 Å². The summed E-state index contributed by atoms with van der Waals surface area (Å²) in [5.41, 5.74) is 4.20. The van der Waals surface area contributed by atoms with E-state index in [-0.39, 0.29) is 17.7 Å². The lowest BCUT2D eigenvalue weighted by atomic mass is 9.78. The number of allylic oxidation sites excluding steroid dienone is 2. The zero-order valence-corrected chi connectivity index (χ0v) is 16.5. The number of morpholine rings is 1. The molecule has 3 fully saturated rings. The van der Waals surface area contributed by atoms with E-state index in [1.54, 1.807) is 0 Å². The second-order valence-corrected chi connectivity index (χ2v) is 8.27. The van der Waals surface area contributed by atoms with Crippen LogP contribution in [0.3, 0.4) is 0 Å². The van der Waals surface area contributed by atoms with Gasteiger partial charge in [-0.1, -0.05) is 11.1 Å². The number of fused-ring (bicyclic) bond motifs is 2. The van der Waals surface area contributed by atoms with Gasteiger partial charge in [0, 0.05) is 24.5 Å². The number of carboxylic acids is 1. The summed E-state index contributed by atoms with van der Waals surface area (Å²) in [6, 6.07) is 7.79. The van der Waals surface area contributed by atoms with Crippen LogP contribution in [0.2, 0.25) is 0 Å². The number of carboxylic acid groups (broad SMARTS) is 1. The van der Waals surface area contributed by atoms with Crippen LogP contribution in [0.25, 0.3) is 0 Å². The van der Waals surface area contributed by atoms with Gasteiger partial charge in [-0.2, -0.15) is 0 Å². The molecular formula is C22H28N2O4. The molecule has 1 aromatic carbocycles. The lowest BCUT2D eigenvalue weighted by Gasteiger charge is -2.29. The molecular weight excluding hydrogens is 356 g/mol. The van der Waals surface area contributed by atoms with Gasteiger partial charge in [-0.05, 0) is 62.8 Å². The van der Waals surface area contributed by atoms with Gasteiger partial charge in [0.2, 0.25) is 5.91 Å². The average Bonchev–Trinajstić information content (AvgIpc) is 3.26. The van der Waals surface area contributed by atoms with E-state index in [4.69, 9.17) is 4.74 Å². The predicted octanol–water partition coefficient (Wildman–Crippen LogP) is 3.15. The fourth-order valence-corrected chi connectivity index (χ4v) is 5.41. The zero-order chi connectivity index (χ0) is 19.8. The topological polar surface area (TPSA) is 78.9 Å². The molecule has 4 rings (SSSR count). The minimum Gasteiger partial charge on any atom is -0.481 e. The molecule has 28 heavy (non-hydrogen) atoms. The van der Waals surface area contributed by atoms with Gasteiger partial charge in [0.25, 0.3) is 0 Å². The third-order valence-corrected chi connectivity index (χ3v) is 6.52. The molecule has 6 nitrogen and oxygen atoms in total. The largest absolute Gasteiger partial charge is 0.481 e. The Labute approximate surface area is 165 Å². The Hall–Kier alpha value is -2.34. The van der Waals surface area contributed by atoms with Crippen LogP contribution in [0, 0.1) is 23.7 Å². The minimum atomic E-state index is -0.853. The molecule has 0 spiro atoms. The van der Waals surface area contributed by atoms with Crippen molar-refractivity contribution in [3.8, 4) is 0 Å². The molecule has 2 aliphatic carbocycles. The Bertz CT molecular complexity index is 791. The van der Waals surface area contributed by atoms with Crippen molar-refractivity contribution in [3.63, 3.8) is 0 Å². The van der Waals surface area contributed by atoms with Gasteiger partial charge in [0.1, 0.15) is 0 Å². The number of rotatable bonds is 4. The number of nitrogens with zero attached hydrogens (tertiary/aromatic N) is 1. The number of amides is 1. The Morgan fingerprint density at radius 1 is 1.04 bits per heavy atom. The Morgan fingerprint density at radius 3 is 2.21 bits per heavy atom. The average molecular weight is 384 g/mol. The molecule has 150 valence electrons.